The smallest absolute Gasteiger partial charge is 0.214 e. The average Bonchev–Trinajstić information content (AvgIpc) is 2.85. The number of anilines is 2. The van der Waals surface area contributed by atoms with Crippen LogP contribution in [-0.2, 0) is 23.1 Å². The Morgan fingerprint density at radius 2 is 1.19 bits per heavy atom. The molecule has 5 nitrogen and oxygen atoms in total. The van der Waals surface area contributed by atoms with Crippen LogP contribution < -0.4 is 14.5 Å². The number of rotatable bonds is 5. The zero-order chi connectivity index (χ0) is 31.5. The van der Waals surface area contributed by atoms with E-state index in [-0.39, 0.29) is 17.9 Å². The van der Waals surface area contributed by atoms with Gasteiger partial charge in [0.15, 0.2) is 0 Å². The van der Waals surface area contributed by atoms with E-state index in [1.807, 2.05) is 84.3 Å². The molecule has 0 aromatic heterocycles. The molecule has 1 fully saturated rings. The fourth-order valence-electron chi connectivity index (χ4n) is 5.35. The van der Waals surface area contributed by atoms with Crippen molar-refractivity contribution in [3.05, 3.63) is 94.1 Å². The standard InChI is InChI=1S/C24H29N2O2.C10H12O.2ClH.Ru/c1-14-9-16(3)20(17(4)10-14)25-13-26(23(28)24(7,8)22(25)27)21-18(5)11-15(2)12-19(21)6;1-8(2)11-10-7-5-4-6-9(10)3;;;/h9-13H,1-8H3;3-8H,1-2H3;2*1H;/q-1;;;;+2/p-2. The number of aryl methyl sites for hydroxylation is 6. The van der Waals surface area contributed by atoms with Crippen molar-refractivity contribution < 1.29 is 27.8 Å². The molecular weight excluding hydrogens is 656 g/mol. The van der Waals surface area contributed by atoms with Crippen LogP contribution >= 0.6 is 19.4 Å². The summed E-state index contributed by atoms with van der Waals surface area (Å²) in [6.07, 6.45) is 0.163. The molecule has 0 aliphatic carbocycles. The number of benzene rings is 3. The minimum Gasteiger partial charge on any atom is -0.444 e. The van der Waals surface area contributed by atoms with Gasteiger partial charge in [0, 0.05) is 11.4 Å². The first-order chi connectivity index (χ1) is 19.5. The summed E-state index contributed by atoms with van der Waals surface area (Å²) in [4.78, 5) is 29.9. The van der Waals surface area contributed by atoms with Crippen LogP contribution in [0, 0.1) is 53.6 Å². The molecule has 0 spiro atoms. The second kappa shape index (κ2) is 13.8. The van der Waals surface area contributed by atoms with Crippen molar-refractivity contribution in [1.82, 2.24) is 0 Å². The monoisotopic (exact) mass is 697 g/mol. The fourth-order valence-corrected chi connectivity index (χ4v) is 7.15. The van der Waals surface area contributed by atoms with Crippen molar-refractivity contribution >= 4 is 47.2 Å². The van der Waals surface area contributed by atoms with Crippen LogP contribution in [0.15, 0.2) is 48.5 Å². The third-order valence-electron chi connectivity index (χ3n) is 6.96. The average molecular weight is 698 g/mol. The zero-order valence-corrected chi connectivity index (χ0v) is 29.3. The van der Waals surface area contributed by atoms with Gasteiger partial charge < -0.3 is 9.80 Å². The van der Waals surface area contributed by atoms with Crippen molar-refractivity contribution in [2.24, 2.45) is 5.41 Å². The van der Waals surface area contributed by atoms with Crippen LogP contribution in [0.1, 0.15) is 66.6 Å². The van der Waals surface area contributed by atoms with Crippen molar-refractivity contribution in [3.63, 3.8) is 0 Å². The summed E-state index contributed by atoms with van der Waals surface area (Å²) < 4.78 is 7.51. The van der Waals surface area contributed by atoms with Crippen LogP contribution in [0.25, 0.3) is 0 Å². The van der Waals surface area contributed by atoms with E-state index in [1.54, 1.807) is 30.3 Å². The molecular formula is C34H41Cl2N2O3Ru-. The van der Waals surface area contributed by atoms with Gasteiger partial charge in [-0.15, -0.1) is 6.67 Å². The normalized spacial score (nSPS) is 14.9. The molecule has 228 valence electrons. The molecule has 0 radical (unpaired) electrons. The molecule has 0 atom stereocenters. The molecule has 1 aliphatic heterocycles. The Bertz CT molecular complexity index is 1400. The predicted molar refractivity (Wildman–Crippen MR) is 173 cm³/mol. The van der Waals surface area contributed by atoms with E-state index >= 15 is 0 Å². The van der Waals surface area contributed by atoms with Gasteiger partial charge in [-0.3, -0.25) is 9.59 Å². The van der Waals surface area contributed by atoms with Crippen molar-refractivity contribution in [2.75, 3.05) is 9.80 Å². The van der Waals surface area contributed by atoms with Gasteiger partial charge in [-0.05, 0) is 77.6 Å². The minimum atomic E-state index is -1.77. The first-order valence-corrected chi connectivity index (χ1v) is 19.3. The number of halogens is 2. The minimum absolute atomic E-state index is 0.163. The van der Waals surface area contributed by atoms with Crippen LogP contribution in [-0.4, -0.2) is 22.5 Å². The van der Waals surface area contributed by atoms with Gasteiger partial charge >= 0.3 is 97.8 Å². The molecule has 4 rings (SSSR count). The molecule has 3 aromatic rings. The summed E-state index contributed by atoms with van der Waals surface area (Å²) in [5.41, 5.74) is 7.92. The largest absolute Gasteiger partial charge is 0.444 e. The van der Waals surface area contributed by atoms with Gasteiger partial charge in [0.1, 0.15) is 5.41 Å². The molecule has 0 saturated carbocycles. The number of ether oxygens (including phenoxy) is 1. The maximum atomic E-state index is 13.3. The molecule has 1 aliphatic rings. The van der Waals surface area contributed by atoms with Gasteiger partial charge in [0.05, 0.1) is 0 Å². The summed E-state index contributed by atoms with van der Waals surface area (Å²) in [6, 6.07) is 16.1. The third-order valence-corrected chi connectivity index (χ3v) is 8.79. The second-order valence-electron chi connectivity index (χ2n) is 11.6. The summed E-state index contributed by atoms with van der Waals surface area (Å²) >= 11 is -1.77. The molecule has 3 aromatic carbocycles. The number of carbonyl (C=O) groups excluding carboxylic acids is 2. The Kier molecular flexibility index (Phi) is 11.2. The number of carbonyl (C=O) groups is 2. The molecule has 2 amide bonds. The first-order valence-electron chi connectivity index (χ1n) is 13.8. The number of hydrogen-bond acceptors (Lipinski definition) is 3. The summed E-state index contributed by atoms with van der Waals surface area (Å²) in [5, 5.41) is 0. The topological polar surface area (TPSA) is 49.9 Å². The van der Waals surface area contributed by atoms with E-state index in [4.69, 9.17) is 24.1 Å². The van der Waals surface area contributed by atoms with Crippen LogP contribution in [0.5, 0.6) is 5.75 Å². The van der Waals surface area contributed by atoms with Crippen LogP contribution in [0.4, 0.5) is 11.4 Å². The molecule has 1 heterocycles. The van der Waals surface area contributed by atoms with E-state index in [1.165, 1.54) is 0 Å². The van der Waals surface area contributed by atoms with Crippen molar-refractivity contribution in [1.29, 1.82) is 0 Å². The Morgan fingerprint density at radius 3 is 1.57 bits per heavy atom. The number of para-hydroxylation sites is 1. The molecule has 42 heavy (non-hydrogen) atoms. The Morgan fingerprint density at radius 1 is 0.786 bits per heavy atom. The quantitative estimate of drug-likeness (QED) is 0.153. The zero-order valence-electron chi connectivity index (χ0n) is 26.1. The van der Waals surface area contributed by atoms with E-state index in [9.17, 15) is 9.59 Å². The molecule has 0 bridgehead atoms. The van der Waals surface area contributed by atoms with Gasteiger partial charge in [-0.25, -0.2) is 0 Å². The molecule has 8 heteroatoms. The predicted octanol–water partition coefficient (Wildman–Crippen LogP) is 8.61. The maximum Gasteiger partial charge on any atom is 0.214 e. The Balaban J connectivity index is 0.000000291. The molecule has 0 unspecified atom stereocenters. The van der Waals surface area contributed by atoms with E-state index in [2.05, 4.69) is 24.3 Å². The van der Waals surface area contributed by atoms with Gasteiger partial charge in [0.2, 0.25) is 11.8 Å². The Labute approximate surface area is 264 Å². The van der Waals surface area contributed by atoms with Gasteiger partial charge in [-0.2, -0.15) is 0 Å². The van der Waals surface area contributed by atoms with E-state index in [0.29, 0.717) is 0 Å². The van der Waals surface area contributed by atoms with Crippen LogP contribution in [0.2, 0.25) is 0 Å². The second-order valence-corrected chi connectivity index (χ2v) is 17.3. The number of amides is 2. The van der Waals surface area contributed by atoms with E-state index < -0.39 is 18.9 Å². The number of hydrogen-bond donors (Lipinski definition) is 0. The van der Waals surface area contributed by atoms with Crippen molar-refractivity contribution in [2.45, 2.75) is 75.3 Å². The third kappa shape index (κ3) is 7.70. The van der Waals surface area contributed by atoms with Gasteiger partial charge in [-0.1, -0.05) is 35.4 Å². The van der Waals surface area contributed by atoms with Crippen LogP contribution in [0.3, 0.4) is 0 Å². The summed E-state index contributed by atoms with van der Waals surface area (Å²) in [7, 11) is 11.6. The number of nitrogens with zero attached hydrogens (tertiary/aromatic N) is 2. The maximum absolute atomic E-state index is 13.3. The SMILES string of the molecule is CC(C)Oc1ccccc1[CH]=[Ru]([Cl])[Cl].Cc1cc(C)c(N2[CH-]N(c3c(C)cc(C)cc3C)C(=O)C(C)(C)C2=O)c(C)c1. The van der Waals surface area contributed by atoms with Gasteiger partial charge in [0.25, 0.3) is 0 Å². The first kappa shape index (κ1) is 34.0. The van der Waals surface area contributed by atoms with Crippen molar-refractivity contribution in [3.8, 4) is 5.75 Å². The summed E-state index contributed by atoms with van der Waals surface area (Å²) in [6.45, 7) is 21.2. The Hall–Kier alpha value is -2.53. The molecule has 1 saturated heterocycles. The van der Waals surface area contributed by atoms with E-state index in [0.717, 1.165) is 56.1 Å². The fraction of sp³-hybridized carbons (Fsp3) is 0.353. The summed E-state index contributed by atoms with van der Waals surface area (Å²) in [5.74, 6) is 0.444. The molecule has 0 N–H and O–H groups in total.